The second-order valence-corrected chi connectivity index (χ2v) is 8.69. The van der Waals surface area contributed by atoms with Crippen LogP contribution in [0.3, 0.4) is 0 Å². The van der Waals surface area contributed by atoms with E-state index in [0.29, 0.717) is 17.5 Å². The number of likely N-dealkylation sites (tertiary alicyclic amines) is 1. The van der Waals surface area contributed by atoms with E-state index in [4.69, 9.17) is 0 Å². The van der Waals surface area contributed by atoms with Crippen LogP contribution in [0.15, 0.2) is 4.99 Å². The second kappa shape index (κ2) is 11.6. The van der Waals surface area contributed by atoms with Gasteiger partial charge in [-0.05, 0) is 64.3 Å². The molecular weight excluding hydrogens is 411 g/mol. The fourth-order valence-corrected chi connectivity index (χ4v) is 3.12. The van der Waals surface area contributed by atoms with E-state index in [-0.39, 0.29) is 24.0 Å². The molecule has 2 unspecified atom stereocenters. The first-order valence-electron chi connectivity index (χ1n) is 9.42. The quantitative estimate of drug-likeness (QED) is 0.362. The van der Waals surface area contributed by atoms with E-state index in [1.807, 2.05) is 7.05 Å². The van der Waals surface area contributed by atoms with E-state index in [1.165, 1.54) is 38.8 Å². The van der Waals surface area contributed by atoms with Gasteiger partial charge in [-0.15, -0.1) is 24.0 Å². The first kappa shape index (κ1) is 24.0. The summed E-state index contributed by atoms with van der Waals surface area (Å²) in [6.45, 7) is 17.2. The van der Waals surface area contributed by atoms with Crippen molar-refractivity contribution < 1.29 is 0 Å². The van der Waals surface area contributed by atoms with Gasteiger partial charge in [0.2, 0.25) is 0 Å². The smallest absolute Gasteiger partial charge is 0.191 e. The summed E-state index contributed by atoms with van der Waals surface area (Å²) in [6, 6.07) is 1.12. The molecule has 1 saturated heterocycles. The minimum Gasteiger partial charge on any atom is -0.356 e. The fraction of sp³-hybridized carbons (Fsp3) is 0.947. The van der Waals surface area contributed by atoms with Crippen LogP contribution in [0.4, 0.5) is 0 Å². The highest BCUT2D eigenvalue weighted by atomic mass is 127. The molecule has 144 valence electrons. The van der Waals surface area contributed by atoms with Crippen molar-refractivity contribution in [3.8, 4) is 0 Å². The van der Waals surface area contributed by atoms with Crippen molar-refractivity contribution in [3.63, 3.8) is 0 Å². The lowest BCUT2D eigenvalue weighted by Crippen LogP contribution is -2.47. The summed E-state index contributed by atoms with van der Waals surface area (Å²) in [5, 5.41) is 7.08. The monoisotopic (exact) mass is 452 g/mol. The highest BCUT2D eigenvalue weighted by molar-refractivity contribution is 14.0. The molecule has 0 radical (unpaired) electrons. The summed E-state index contributed by atoms with van der Waals surface area (Å²) >= 11 is 0. The maximum Gasteiger partial charge on any atom is 0.191 e. The zero-order valence-electron chi connectivity index (χ0n) is 17.0. The van der Waals surface area contributed by atoms with Crippen LogP contribution in [0.1, 0.15) is 67.2 Å². The lowest BCUT2D eigenvalue weighted by molar-refractivity contribution is 0.141. The van der Waals surface area contributed by atoms with Crippen molar-refractivity contribution in [1.29, 1.82) is 0 Å². The molecule has 5 heteroatoms. The summed E-state index contributed by atoms with van der Waals surface area (Å²) in [7, 11) is 1.87. The molecular formula is C19H41IN4. The summed E-state index contributed by atoms with van der Waals surface area (Å²) in [5.41, 5.74) is 0.398. The summed E-state index contributed by atoms with van der Waals surface area (Å²) < 4.78 is 0. The predicted molar refractivity (Wildman–Crippen MR) is 117 cm³/mol. The molecule has 1 aliphatic heterocycles. The third kappa shape index (κ3) is 10.1. The van der Waals surface area contributed by atoms with Crippen molar-refractivity contribution in [1.82, 2.24) is 15.5 Å². The van der Waals surface area contributed by atoms with Gasteiger partial charge in [-0.3, -0.25) is 4.99 Å². The molecule has 0 saturated carbocycles. The lowest BCUT2D eigenvalue weighted by Gasteiger charge is -2.35. The SMILES string of the molecule is CN=C(NCC1CCCN(C(C)C)C1)NC(C)CCC(C)(C)C.I. The first-order chi connectivity index (χ1) is 10.7. The van der Waals surface area contributed by atoms with Gasteiger partial charge in [0.05, 0.1) is 0 Å². The van der Waals surface area contributed by atoms with Gasteiger partial charge in [0, 0.05) is 32.2 Å². The molecule has 4 nitrogen and oxygen atoms in total. The molecule has 0 aromatic carbocycles. The molecule has 0 aliphatic carbocycles. The van der Waals surface area contributed by atoms with E-state index >= 15 is 0 Å². The number of piperidine rings is 1. The Morgan fingerprint density at radius 2 is 1.92 bits per heavy atom. The summed E-state index contributed by atoms with van der Waals surface area (Å²) in [5.74, 6) is 1.68. The Hall–Kier alpha value is -0.0400. The zero-order chi connectivity index (χ0) is 17.5. The number of nitrogens with one attached hydrogen (secondary N) is 2. The minimum absolute atomic E-state index is 0. The third-order valence-corrected chi connectivity index (χ3v) is 4.77. The third-order valence-electron chi connectivity index (χ3n) is 4.77. The number of aliphatic imine (C=N–C) groups is 1. The van der Waals surface area contributed by atoms with Crippen LogP contribution < -0.4 is 10.6 Å². The normalized spacial score (nSPS) is 21.3. The molecule has 1 fully saturated rings. The number of hydrogen-bond acceptors (Lipinski definition) is 2. The van der Waals surface area contributed by atoms with Crippen molar-refractivity contribution in [3.05, 3.63) is 0 Å². The molecule has 0 amide bonds. The molecule has 2 N–H and O–H groups in total. The molecule has 0 spiro atoms. The Morgan fingerprint density at radius 3 is 2.46 bits per heavy atom. The van der Waals surface area contributed by atoms with Crippen LogP contribution in [-0.2, 0) is 0 Å². The van der Waals surface area contributed by atoms with Crippen molar-refractivity contribution in [2.24, 2.45) is 16.3 Å². The Bertz CT molecular complexity index is 363. The van der Waals surface area contributed by atoms with Gasteiger partial charge in [0.15, 0.2) is 5.96 Å². The van der Waals surface area contributed by atoms with Gasteiger partial charge in [-0.25, -0.2) is 0 Å². The van der Waals surface area contributed by atoms with Crippen molar-refractivity contribution >= 4 is 29.9 Å². The molecule has 2 atom stereocenters. The van der Waals surface area contributed by atoms with Gasteiger partial charge >= 0.3 is 0 Å². The van der Waals surface area contributed by atoms with Gasteiger partial charge in [-0.1, -0.05) is 20.8 Å². The van der Waals surface area contributed by atoms with E-state index < -0.39 is 0 Å². The van der Waals surface area contributed by atoms with E-state index in [0.717, 1.165) is 18.4 Å². The van der Waals surface area contributed by atoms with Crippen LogP contribution in [0.5, 0.6) is 0 Å². The maximum absolute atomic E-state index is 4.39. The molecule has 0 bridgehead atoms. The summed E-state index contributed by atoms with van der Waals surface area (Å²) in [4.78, 5) is 6.99. The average molecular weight is 452 g/mol. The molecule has 1 aliphatic rings. The van der Waals surface area contributed by atoms with Crippen LogP contribution in [0.25, 0.3) is 0 Å². The molecule has 1 heterocycles. The lowest BCUT2D eigenvalue weighted by atomic mass is 9.89. The maximum atomic E-state index is 4.39. The van der Waals surface area contributed by atoms with Crippen LogP contribution in [0.2, 0.25) is 0 Å². The van der Waals surface area contributed by atoms with Gasteiger partial charge < -0.3 is 15.5 Å². The topological polar surface area (TPSA) is 39.7 Å². The fourth-order valence-electron chi connectivity index (χ4n) is 3.12. The van der Waals surface area contributed by atoms with E-state index in [2.05, 4.69) is 62.1 Å². The van der Waals surface area contributed by atoms with Crippen LogP contribution in [-0.4, -0.2) is 49.6 Å². The van der Waals surface area contributed by atoms with Crippen LogP contribution >= 0.6 is 24.0 Å². The highest BCUT2D eigenvalue weighted by Crippen LogP contribution is 2.21. The predicted octanol–water partition coefficient (Wildman–Crippen LogP) is 4.10. The number of halogens is 1. The molecule has 24 heavy (non-hydrogen) atoms. The standard InChI is InChI=1S/C19H40N4.HI/c1-15(2)23-12-8-9-17(14-23)13-21-18(20-7)22-16(3)10-11-19(4,5)6;/h15-17H,8-14H2,1-7H3,(H2,20,21,22);1H. The zero-order valence-corrected chi connectivity index (χ0v) is 19.3. The first-order valence-corrected chi connectivity index (χ1v) is 9.42. The molecule has 1 rings (SSSR count). The molecule has 0 aromatic rings. The minimum atomic E-state index is 0. The number of hydrogen-bond donors (Lipinski definition) is 2. The van der Waals surface area contributed by atoms with E-state index in [1.54, 1.807) is 0 Å². The van der Waals surface area contributed by atoms with Gasteiger partial charge in [0.25, 0.3) is 0 Å². The van der Waals surface area contributed by atoms with Gasteiger partial charge in [0.1, 0.15) is 0 Å². The molecule has 0 aromatic heterocycles. The average Bonchev–Trinajstić information content (AvgIpc) is 2.49. The Morgan fingerprint density at radius 1 is 1.25 bits per heavy atom. The van der Waals surface area contributed by atoms with E-state index in [9.17, 15) is 0 Å². The van der Waals surface area contributed by atoms with Gasteiger partial charge in [-0.2, -0.15) is 0 Å². The number of guanidine groups is 1. The Kier molecular flexibility index (Phi) is 11.5. The second-order valence-electron chi connectivity index (χ2n) is 8.69. The Labute approximate surface area is 167 Å². The van der Waals surface area contributed by atoms with Crippen LogP contribution in [0, 0.1) is 11.3 Å². The van der Waals surface area contributed by atoms with Crippen molar-refractivity contribution in [2.75, 3.05) is 26.7 Å². The highest BCUT2D eigenvalue weighted by Gasteiger charge is 2.22. The van der Waals surface area contributed by atoms with Crippen molar-refractivity contribution in [2.45, 2.75) is 79.3 Å². The largest absolute Gasteiger partial charge is 0.356 e. The summed E-state index contributed by atoms with van der Waals surface area (Å²) in [6.07, 6.45) is 5.05. The number of nitrogens with zero attached hydrogens (tertiary/aromatic N) is 2. The number of rotatable bonds is 6. The Balaban J connectivity index is 0.00000529.